The summed E-state index contributed by atoms with van der Waals surface area (Å²) >= 11 is 0. The molecule has 0 heterocycles. The number of hydrogen-bond acceptors (Lipinski definition) is 4. The number of aliphatic hydroxyl groups is 2. The third kappa shape index (κ3) is 10.6. The summed E-state index contributed by atoms with van der Waals surface area (Å²) in [5.41, 5.74) is 0.347. The van der Waals surface area contributed by atoms with Crippen LogP contribution in [0.3, 0.4) is 0 Å². The van der Waals surface area contributed by atoms with E-state index in [2.05, 4.69) is 27.7 Å². The van der Waals surface area contributed by atoms with Crippen molar-refractivity contribution in [2.45, 2.75) is 53.6 Å². The van der Waals surface area contributed by atoms with Crippen molar-refractivity contribution in [2.75, 3.05) is 6.61 Å². The highest BCUT2D eigenvalue weighted by atomic mass is 16.4. The lowest BCUT2D eigenvalue weighted by atomic mass is 9.70. The summed E-state index contributed by atoms with van der Waals surface area (Å²) in [6.07, 6.45) is 1.52. The van der Waals surface area contributed by atoms with Crippen LogP contribution in [-0.4, -0.2) is 45.1 Å². The highest BCUT2D eigenvalue weighted by Gasteiger charge is 2.37. The van der Waals surface area contributed by atoms with E-state index in [9.17, 15) is 19.8 Å². The Balaban J connectivity index is 0.000000466. The van der Waals surface area contributed by atoms with Crippen molar-refractivity contribution in [1.29, 1.82) is 0 Å². The summed E-state index contributed by atoms with van der Waals surface area (Å²) in [4.78, 5) is 20.4. The van der Waals surface area contributed by atoms with Gasteiger partial charge in [-0.15, -0.1) is 0 Å². The first kappa shape index (κ1) is 29.3. The van der Waals surface area contributed by atoms with Crippen molar-refractivity contribution in [3.05, 3.63) is 71.8 Å². The molecule has 0 saturated carbocycles. The van der Waals surface area contributed by atoms with Gasteiger partial charge in [0.05, 0.1) is 23.8 Å². The second kappa shape index (κ2) is 15.2. The van der Waals surface area contributed by atoms with Crippen LogP contribution in [0.15, 0.2) is 60.7 Å². The van der Waals surface area contributed by atoms with Gasteiger partial charge in [0.15, 0.2) is 0 Å². The molecule has 32 heavy (non-hydrogen) atoms. The number of carboxylic acids is 2. The third-order valence-corrected chi connectivity index (χ3v) is 5.50. The van der Waals surface area contributed by atoms with E-state index >= 15 is 0 Å². The van der Waals surface area contributed by atoms with Gasteiger partial charge < -0.3 is 20.4 Å². The summed E-state index contributed by atoms with van der Waals surface area (Å²) in [7, 11) is 0. The standard InChI is InChI=1S/C12H26O2.2C7H6O2/c1-9(2)6-7-12(8-13,10(3)4)11(5)14;2*8-7(9)6-4-2-1-3-5-6/h9-11,13-14H,6-8H2,1-5H3;2*1-5H,(H,8,9). The quantitative estimate of drug-likeness (QED) is 0.443. The average molecular weight is 447 g/mol. The van der Waals surface area contributed by atoms with E-state index < -0.39 is 18.0 Å². The lowest BCUT2D eigenvalue weighted by Crippen LogP contribution is -2.41. The average Bonchev–Trinajstić information content (AvgIpc) is 2.76. The van der Waals surface area contributed by atoms with Gasteiger partial charge in [0.1, 0.15) is 0 Å². The second-order valence-corrected chi connectivity index (χ2v) is 8.50. The molecule has 6 heteroatoms. The smallest absolute Gasteiger partial charge is 0.335 e. The minimum atomic E-state index is -0.879. The highest BCUT2D eigenvalue weighted by molar-refractivity contribution is 5.87. The van der Waals surface area contributed by atoms with E-state index in [-0.39, 0.29) is 12.0 Å². The van der Waals surface area contributed by atoms with E-state index in [4.69, 9.17) is 10.2 Å². The fourth-order valence-corrected chi connectivity index (χ4v) is 3.09. The lowest BCUT2D eigenvalue weighted by molar-refractivity contribution is -0.0488. The molecule has 178 valence electrons. The molecule has 0 radical (unpaired) electrons. The zero-order valence-corrected chi connectivity index (χ0v) is 19.7. The fourth-order valence-electron chi connectivity index (χ4n) is 3.09. The molecule has 0 spiro atoms. The van der Waals surface area contributed by atoms with Crippen molar-refractivity contribution in [3.8, 4) is 0 Å². The maximum absolute atomic E-state index is 10.2. The number of benzene rings is 2. The molecule has 2 aromatic carbocycles. The number of hydrogen-bond donors (Lipinski definition) is 4. The Kier molecular flexibility index (Phi) is 13.9. The fraction of sp³-hybridized carbons (Fsp3) is 0.462. The van der Waals surface area contributed by atoms with Gasteiger partial charge in [-0.25, -0.2) is 9.59 Å². The molecule has 2 unspecified atom stereocenters. The molecular formula is C26H38O6. The van der Waals surface area contributed by atoms with Gasteiger partial charge in [-0.05, 0) is 49.4 Å². The Hall–Kier alpha value is -2.70. The second-order valence-electron chi connectivity index (χ2n) is 8.50. The summed E-state index contributed by atoms with van der Waals surface area (Å²) in [5, 5.41) is 36.0. The summed E-state index contributed by atoms with van der Waals surface area (Å²) in [6, 6.07) is 16.6. The minimum absolute atomic E-state index is 0.0784. The molecule has 2 rings (SSSR count). The third-order valence-electron chi connectivity index (χ3n) is 5.50. The van der Waals surface area contributed by atoms with Crippen LogP contribution in [0.2, 0.25) is 0 Å². The first-order valence-electron chi connectivity index (χ1n) is 10.8. The van der Waals surface area contributed by atoms with Crippen LogP contribution in [0.25, 0.3) is 0 Å². The van der Waals surface area contributed by atoms with Crippen molar-refractivity contribution in [3.63, 3.8) is 0 Å². The molecule has 2 aromatic rings. The largest absolute Gasteiger partial charge is 0.478 e. The Labute approximate surface area is 191 Å². The Morgan fingerprint density at radius 3 is 1.34 bits per heavy atom. The molecule has 0 aromatic heterocycles. The van der Waals surface area contributed by atoms with E-state index in [0.717, 1.165) is 12.8 Å². The Morgan fingerprint density at radius 1 is 0.781 bits per heavy atom. The van der Waals surface area contributed by atoms with Crippen LogP contribution in [-0.2, 0) is 0 Å². The number of carboxylic acid groups (broad SMARTS) is 2. The van der Waals surface area contributed by atoms with Crippen LogP contribution in [0.1, 0.15) is 68.2 Å². The van der Waals surface area contributed by atoms with Crippen molar-refractivity contribution in [2.24, 2.45) is 17.3 Å². The van der Waals surface area contributed by atoms with Crippen LogP contribution < -0.4 is 0 Å². The predicted molar refractivity (Wildman–Crippen MR) is 127 cm³/mol. The molecule has 4 N–H and O–H groups in total. The number of aromatic carboxylic acids is 2. The van der Waals surface area contributed by atoms with Crippen LogP contribution in [0.4, 0.5) is 0 Å². The highest BCUT2D eigenvalue weighted by Crippen LogP contribution is 2.37. The van der Waals surface area contributed by atoms with Gasteiger partial charge in [0, 0.05) is 5.41 Å². The monoisotopic (exact) mass is 446 g/mol. The van der Waals surface area contributed by atoms with E-state index in [1.165, 1.54) is 0 Å². The number of carbonyl (C=O) groups is 2. The van der Waals surface area contributed by atoms with Crippen molar-refractivity contribution < 1.29 is 30.0 Å². The van der Waals surface area contributed by atoms with Gasteiger partial charge >= 0.3 is 11.9 Å². The minimum Gasteiger partial charge on any atom is -0.478 e. The Bertz CT molecular complexity index is 712. The molecule has 0 aliphatic rings. The molecule has 0 amide bonds. The van der Waals surface area contributed by atoms with Crippen LogP contribution in [0.5, 0.6) is 0 Å². The van der Waals surface area contributed by atoms with Crippen LogP contribution >= 0.6 is 0 Å². The maximum atomic E-state index is 10.2. The molecule has 6 nitrogen and oxygen atoms in total. The SMILES string of the molecule is CC(C)CCC(CO)(C(C)C)C(C)O.O=C(O)c1ccccc1.O=C(O)c1ccccc1. The molecule has 0 fully saturated rings. The van der Waals surface area contributed by atoms with Gasteiger partial charge in [-0.3, -0.25) is 0 Å². The van der Waals surface area contributed by atoms with E-state index in [1.54, 1.807) is 67.6 Å². The van der Waals surface area contributed by atoms with Crippen molar-refractivity contribution in [1.82, 2.24) is 0 Å². The van der Waals surface area contributed by atoms with E-state index in [0.29, 0.717) is 23.0 Å². The molecule has 2 atom stereocenters. The summed E-state index contributed by atoms with van der Waals surface area (Å²) in [6.45, 7) is 10.4. The lowest BCUT2D eigenvalue weighted by Gasteiger charge is -2.39. The Morgan fingerprint density at radius 2 is 1.16 bits per heavy atom. The zero-order chi connectivity index (χ0) is 24.7. The molecular weight excluding hydrogens is 408 g/mol. The zero-order valence-electron chi connectivity index (χ0n) is 19.7. The summed E-state index contributed by atoms with van der Waals surface area (Å²) < 4.78 is 0. The first-order valence-corrected chi connectivity index (χ1v) is 10.8. The molecule has 0 aliphatic carbocycles. The van der Waals surface area contributed by atoms with Gasteiger partial charge in [-0.1, -0.05) is 70.5 Å². The summed E-state index contributed by atoms with van der Waals surface area (Å²) in [5.74, 6) is -0.823. The topological polar surface area (TPSA) is 115 Å². The van der Waals surface area contributed by atoms with Crippen molar-refractivity contribution >= 4 is 11.9 Å². The molecule has 0 aliphatic heterocycles. The number of aliphatic hydroxyl groups excluding tert-OH is 2. The van der Waals surface area contributed by atoms with Gasteiger partial charge in [0.2, 0.25) is 0 Å². The van der Waals surface area contributed by atoms with Gasteiger partial charge in [-0.2, -0.15) is 0 Å². The molecule has 0 saturated heterocycles. The van der Waals surface area contributed by atoms with Crippen LogP contribution in [0, 0.1) is 17.3 Å². The van der Waals surface area contributed by atoms with Gasteiger partial charge in [0.25, 0.3) is 0 Å². The predicted octanol–water partition coefficient (Wildman–Crippen LogP) is 5.21. The maximum Gasteiger partial charge on any atom is 0.335 e. The molecule has 0 bridgehead atoms. The first-order chi connectivity index (χ1) is 15.0. The number of rotatable bonds is 8. The normalized spacial score (nSPS) is 13.2. The van der Waals surface area contributed by atoms with E-state index in [1.807, 2.05) is 0 Å².